The molecule has 1 aromatic heterocycles. The van der Waals surface area contributed by atoms with E-state index in [9.17, 15) is 4.39 Å². The molecule has 0 N–H and O–H groups in total. The third-order valence-electron chi connectivity index (χ3n) is 1.82. The molecule has 1 heterocycles. The van der Waals surface area contributed by atoms with Crippen LogP contribution in [0.2, 0.25) is 0 Å². The molecule has 0 amide bonds. The molecule has 3 heteroatoms. The first kappa shape index (κ1) is 11.0. The maximum Gasteiger partial charge on any atom is 0.213 e. The summed E-state index contributed by atoms with van der Waals surface area (Å²) < 4.78 is 17.8. The standard InChI is InChI=1S/C11H16FNO/c1-11(2,3)6-7-14-9-4-5-10(12)13-8-9/h4-5,8H,6-7H2,1-3H3. The Morgan fingerprint density at radius 2 is 2.07 bits per heavy atom. The quantitative estimate of drug-likeness (QED) is 0.695. The molecule has 0 saturated heterocycles. The molecule has 0 aromatic carbocycles. The Hall–Kier alpha value is -1.12. The van der Waals surface area contributed by atoms with Crippen molar-refractivity contribution in [2.24, 2.45) is 5.41 Å². The van der Waals surface area contributed by atoms with Crippen LogP contribution in [0.3, 0.4) is 0 Å². The van der Waals surface area contributed by atoms with Crippen molar-refractivity contribution in [2.45, 2.75) is 27.2 Å². The topological polar surface area (TPSA) is 22.1 Å². The average molecular weight is 197 g/mol. The second-order valence-electron chi connectivity index (χ2n) is 4.48. The normalized spacial score (nSPS) is 11.4. The smallest absolute Gasteiger partial charge is 0.213 e. The zero-order chi connectivity index (χ0) is 10.6. The van der Waals surface area contributed by atoms with E-state index in [1.165, 1.54) is 12.3 Å². The van der Waals surface area contributed by atoms with Gasteiger partial charge in [-0.25, -0.2) is 4.98 Å². The Morgan fingerprint density at radius 1 is 1.36 bits per heavy atom. The summed E-state index contributed by atoms with van der Waals surface area (Å²) in [6.07, 6.45) is 2.36. The third-order valence-corrected chi connectivity index (χ3v) is 1.82. The first-order chi connectivity index (χ1) is 6.47. The summed E-state index contributed by atoms with van der Waals surface area (Å²) in [5, 5.41) is 0. The number of halogens is 1. The van der Waals surface area contributed by atoms with E-state index < -0.39 is 5.95 Å². The van der Waals surface area contributed by atoms with E-state index in [0.29, 0.717) is 12.4 Å². The summed E-state index contributed by atoms with van der Waals surface area (Å²) in [4.78, 5) is 3.50. The lowest BCUT2D eigenvalue weighted by Gasteiger charge is -2.17. The molecule has 2 nitrogen and oxygen atoms in total. The minimum absolute atomic E-state index is 0.257. The van der Waals surface area contributed by atoms with Crippen molar-refractivity contribution in [3.63, 3.8) is 0 Å². The first-order valence-electron chi connectivity index (χ1n) is 4.72. The number of rotatable bonds is 3. The number of aromatic nitrogens is 1. The van der Waals surface area contributed by atoms with Gasteiger partial charge in [0.2, 0.25) is 5.95 Å². The van der Waals surface area contributed by atoms with Crippen LogP contribution in [0, 0.1) is 11.4 Å². The van der Waals surface area contributed by atoms with Crippen LogP contribution in [0.25, 0.3) is 0 Å². The van der Waals surface area contributed by atoms with E-state index >= 15 is 0 Å². The minimum atomic E-state index is -0.479. The molecule has 0 spiro atoms. The predicted octanol–water partition coefficient (Wildman–Crippen LogP) is 3.04. The fraction of sp³-hybridized carbons (Fsp3) is 0.545. The Labute approximate surface area is 84.1 Å². The second-order valence-corrected chi connectivity index (χ2v) is 4.48. The molecule has 0 unspecified atom stereocenters. The Bertz CT molecular complexity index is 276. The van der Waals surface area contributed by atoms with Gasteiger partial charge >= 0.3 is 0 Å². The largest absolute Gasteiger partial charge is 0.492 e. The van der Waals surface area contributed by atoms with Gasteiger partial charge < -0.3 is 4.74 Å². The van der Waals surface area contributed by atoms with Crippen LogP contribution in [0.15, 0.2) is 18.3 Å². The highest BCUT2D eigenvalue weighted by Crippen LogP contribution is 2.19. The lowest BCUT2D eigenvalue weighted by molar-refractivity contribution is 0.242. The van der Waals surface area contributed by atoms with Crippen molar-refractivity contribution >= 4 is 0 Å². The third kappa shape index (κ3) is 4.21. The molecule has 78 valence electrons. The molecular formula is C11H16FNO. The lowest BCUT2D eigenvalue weighted by atomic mass is 9.93. The number of hydrogen-bond donors (Lipinski definition) is 0. The Morgan fingerprint density at radius 3 is 2.57 bits per heavy atom. The van der Waals surface area contributed by atoms with Gasteiger partial charge in [0.25, 0.3) is 0 Å². The van der Waals surface area contributed by atoms with Crippen molar-refractivity contribution < 1.29 is 9.13 Å². The molecule has 0 aliphatic carbocycles. The number of ether oxygens (including phenoxy) is 1. The molecular weight excluding hydrogens is 181 g/mol. The van der Waals surface area contributed by atoms with Gasteiger partial charge in [-0.05, 0) is 24.0 Å². The van der Waals surface area contributed by atoms with Crippen LogP contribution in [0.1, 0.15) is 27.2 Å². The van der Waals surface area contributed by atoms with Crippen LogP contribution in [-0.4, -0.2) is 11.6 Å². The van der Waals surface area contributed by atoms with Gasteiger partial charge in [-0.1, -0.05) is 20.8 Å². The van der Waals surface area contributed by atoms with Crippen LogP contribution in [0.4, 0.5) is 4.39 Å². The highest BCUT2D eigenvalue weighted by Gasteiger charge is 2.09. The van der Waals surface area contributed by atoms with E-state index in [-0.39, 0.29) is 5.41 Å². The number of hydrogen-bond acceptors (Lipinski definition) is 2. The highest BCUT2D eigenvalue weighted by molar-refractivity contribution is 5.15. The molecule has 14 heavy (non-hydrogen) atoms. The predicted molar refractivity (Wildman–Crippen MR) is 53.8 cm³/mol. The molecule has 0 radical (unpaired) electrons. The van der Waals surface area contributed by atoms with Crippen molar-refractivity contribution in [1.29, 1.82) is 0 Å². The van der Waals surface area contributed by atoms with Gasteiger partial charge in [-0.15, -0.1) is 0 Å². The van der Waals surface area contributed by atoms with Gasteiger partial charge in [0, 0.05) is 0 Å². The van der Waals surface area contributed by atoms with E-state index in [2.05, 4.69) is 25.8 Å². The summed E-state index contributed by atoms with van der Waals surface area (Å²) in [5.41, 5.74) is 0.257. The van der Waals surface area contributed by atoms with Gasteiger partial charge in [0.05, 0.1) is 12.8 Å². The maximum absolute atomic E-state index is 12.4. The van der Waals surface area contributed by atoms with E-state index in [1.54, 1.807) is 6.07 Å². The van der Waals surface area contributed by atoms with Crippen molar-refractivity contribution in [2.75, 3.05) is 6.61 Å². The number of pyridine rings is 1. The zero-order valence-electron chi connectivity index (χ0n) is 8.88. The van der Waals surface area contributed by atoms with E-state index in [1.807, 2.05) is 0 Å². The molecule has 1 rings (SSSR count). The van der Waals surface area contributed by atoms with Crippen molar-refractivity contribution in [3.05, 3.63) is 24.3 Å². The fourth-order valence-corrected chi connectivity index (χ4v) is 0.923. The van der Waals surface area contributed by atoms with Gasteiger partial charge in [0.15, 0.2) is 0 Å². The van der Waals surface area contributed by atoms with Gasteiger partial charge in [-0.3, -0.25) is 0 Å². The SMILES string of the molecule is CC(C)(C)CCOc1ccc(F)nc1. The molecule has 0 atom stereocenters. The molecule has 0 bridgehead atoms. The minimum Gasteiger partial charge on any atom is -0.492 e. The zero-order valence-corrected chi connectivity index (χ0v) is 8.88. The van der Waals surface area contributed by atoms with Crippen LogP contribution < -0.4 is 4.74 Å². The highest BCUT2D eigenvalue weighted by atomic mass is 19.1. The Kier molecular flexibility index (Phi) is 3.44. The summed E-state index contributed by atoms with van der Waals surface area (Å²) in [6.45, 7) is 7.09. The fourth-order valence-electron chi connectivity index (χ4n) is 0.923. The van der Waals surface area contributed by atoms with Gasteiger partial charge in [-0.2, -0.15) is 4.39 Å². The van der Waals surface area contributed by atoms with Crippen LogP contribution in [-0.2, 0) is 0 Å². The lowest BCUT2D eigenvalue weighted by Crippen LogP contribution is -2.11. The molecule has 0 aliphatic heterocycles. The van der Waals surface area contributed by atoms with E-state index in [4.69, 9.17) is 4.74 Å². The van der Waals surface area contributed by atoms with Crippen molar-refractivity contribution in [1.82, 2.24) is 4.98 Å². The molecule has 0 aliphatic rings. The van der Waals surface area contributed by atoms with E-state index in [0.717, 1.165) is 6.42 Å². The first-order valence-corrected chi connectivity index (χ1v) is 4.72. The molecule has 1 aromatic rings. The summed E-state index contributed by atoms with van der Waals surface area (Å²) in [7, 11) is 0. The van der Waals surface area contributed by atoms with Crippen LogP contribution in [0.5, 0.6) is 5.75 Å². The summed E-state index contributed by atoms with van der Waals surface area (Å²) >= 11 is 0. The number of nitrogens with zero attached hydrogens (tertiary/aromatic N) is 1. The summed E-state index contributed by atoms with van der Waals surface area (Å²) in [6, 6.07) is 2.89. The Balaban J connectivity index is 2.35. The van der Waals surface area contributed by atoms with Crippen molar-refractivity contribution in [3.8, 4) is 5.75 Å². The molecule has 0 fully saturated rings. The van der Waals surface area contributed by atoms with Gasteiger partial charge in [0.1, 0.15) is 5.75 Å². The van der Waals surface area contributed by atoms with Crippen LogP contribution >= 0.6 is 0 Å². The average Bonchev–Trinajstić information content (AvgIpc) is 2.06. The monoisotopic (exact) mass is 197 g/mol. The summed E-state index contributed by atoms with van der Waals surface area (Å²) in [5.74, 6) is 0.142. The molecule has 0 saturated carbocycles. The maximum atomic E-state index is 12.4. The second kappa shape index (κ2) is 4.40.